The Hall–Kier alpha value is -3.64. The lowest BCUT2D eigenvalue weighted by Crippen LogP contribution is -2.49. The highest BCUT2D eigenvalue weighted by molar-refractivity contribution is 7.10. The molecular formula is C29H37N5O6S. The molecule has 4 amide bonds. The average molecular weight is 584 g/mol. The summed E-state index contributed by atoms with van der Waals surface area (Å²) in [6.45, 7) is 4.78. The largest absolute Gasteiger partial charge is 0.481 e. The van der Waals surface area contributed by atoms with E-state index >= 15 is 0 Å². The Balaban J connectivity index is 1.33. The van der Waals surface area contributed by atoms with Gasteiger partial charge in [0.25, 0.3) is 5.91 Å². The fraction of sp³-hybridized carbons (Fsp3) is 0.517. The van der Waals surface area contributed by atoms with Crippen LogP contribution in [0.3, 0.4) is 0 Å². The highest BCUT2D eigenvalue weighted by atomic mass is 32.1. The molecule has 1 aromatic heterocycles. The van der Waals surface area contributed by atoms with Gasteiger partial charge in [0, 0.05) is 55.6 Å². The summed E-state index contributed by atoms with van der Waals surface area (Å²) < 4.78 is 5.38. The molecule has 41 heavy (non-hydrogen) atoms. The Morgan fingerprint density at radius 1 is 0.976 bits per heavy atom. The number of carbonyl (C=O) groups excluding carboxylic acids is 3. The SMILES string of the molecule is O=C(O)CC(NC(=O)c1ccc(N2CCCN(C(=O)N3CCOCC3)CC2)c(NC(=O)C2CCC2)c1)c1cccs1. The van der Waals surface area contributed by atoms with Crippen molar-refractivity contribution in [2.24, 2.45) is 5.92 Å². The van der Waals surface area contributed by atoms with Crippen LogP contribution < -0.4 is 15.5 Å². The van der Waals surface area contributed by atoms with Crippen molar-refractivity contribution in [3.05, 3.63) is 46.2 Å². The number of anilines is 2. The number of carboxylic acid groups (broad SMARTS) is 1. The minimum absolute atomic E-state index is 0.0299. The number of carboxylic acids is 1. The van der Waals surface area contributed by atoms with E-state index in [2.05, 4.69) is 15.5 Å². The van der Waals surface area contributed by atoms with Crippen molar-refractivity contribution in [2.45, 2.75) is 38.1 Å². The number of aliphatic carboxylic acids is 1. The third kappa shape index (κ3) is 7.17. The summed E-state index contributed by atoms with van der Waals surface area (Å²) >= 11 is 1.39. The van der Waals surface area contributed by atoms with Gasteiger partial charge in [-0.05, 0) is 48.9 Å². The van der Waals surface area contributed by atoms with Gasteiger partial charge >= 0.3 is 12.0 Å². The van der Waals surface area contributed by atoms with Crippen LogP contribution in [0.1, 0.15) is 53.4 Å². The lowest BCUT2D eigenvalue weighted by atomic mass is 9.85. The van der Waals surface area contributed by atoms with Gasteiger partial charge in [0.2, 0.25) is 5.91 Å². The second-order valence-electron chi connectivity index (χ2n) is 10.7. The summed E-state index contributed by atoms with van der Waals surface area (Å²) in [6, 6.07) is 8.21. The molecule has 1 saturated carbocycles. The van der Waals surface area contributed by atoms with Gasteiger partial charge in [0.05, 0.1) is 37.1 Å². The molecule has 1 unspecified atom stereocenters. The Bertz CT molecular complexity index is 1240. The summed E-state index contributed by atoms with van der Waals surface area (Å²) in [4.78, 5) is 57.5. The summed E-state index contributed by atoms with van der Waals surface area (Å²) in [5, 5.41) is 17.2. The first-order chi connectivity index (χ1) is 19.9. The highest BCUT2D eigenvalue weighted by Crippen LogP contribution is 2.33. The molecule has 0 radical (unpaired) electrons. The maximum Gasteiger partial charge on any atom is 0.320 e. The molecule has 2 saturated heterocycles. The zero-order valence-electron chi connectivity index (χ0n) is 23.0. The van der Waals surface area contributed by atoms with E-state index in [4.69, 9.17) is 4.74 Å². The summed E-state index contributed by atoms with van der Waals surface area (Å²) in [6.07, 6.45) is 3.26. The number of carbonyl (C=O) groups is 4. The van der Waals surface area contributed by atoms with E-state index in [1.807, 2.05) is 27.3 Å². The van der Waals surface area contributed by atoms with E-state index < -0.39 is 17.9 Å². The van der Waals surface area contributed by atoms with Crippen molar-refractivity contribution in [2.75, 3.05) is 62.7 Å². The van der Waals surface area contributed by atoms with Gasteiger partial charge in [0.1, 0.15) is 0 Å². The van der Waals surface area contributed by atoms with Gasteiger partial charge in [-0.1, -0.05) is 12.5 Å². The molecule has 220 valence electrons. The van der Waals surface area contributed by atoms with Gasteiger partial charge < -0.3 is 35.2 Å². The first-order valence-electron chi connectivity index (χ1n) is 14.3. The summed E-state index contributed by atoms with van der Waals surface area (Å²) in [7, 11) is 0. The maximum absolute atomic E-state index is 13.3. The van der Waals surface area contributed by atoms with Gasteiger partial charge in [-0.2, -0.15) is 0 Å². The topological polar surface area (TPSA) is 132 Å². The van der Waals surface area contributed by atoms with Crippen LogP contribution in [0.5, 0.6) is 0 Å². The minimum Gasteiger partial charge on any atom is -0.481 e. The molecule has 1 aliphatic carbocycles. The molecule has 0 bridgehead atoms. The fourth-order valence-electron chi connectivity index (χ4n) is 5.39. The number of hydrogen-bond acceptors (Lipinski definition) is 7. The predicted molar refractivity (Wildman–Crippen MR) is 155 cm³/mol. The molecule has 11 nitrogen and oxygen atoms in total. The minimum atomic E-state index is -1.00. The van der Waals surface area contributed by atoms with Crippen molar-refractivity contribution in [1.82, 2.24) is 15.1 Å². The number of thiophene rings is 1. The zero-order valence-corrected chi connectivity index (χ0v) is 23.9. The molecule has 12 heteroatoms. The smallest absolute Gasteiger partial charge is 0.320 e. The Morgan fingerprint density at radius 3 is 2.44 bits per heavy atom. The van der Waals surface area contributed by atoms with Crippen LogP contribution in [0.25, 0.3) is 0 Å². The number of nitrogens with one attached hydrogen (secondary N) is 2. The third-order valence-corrected chi connectivity index (χ3v) is 8.94. The molecule has 3 N–H and O–H groups in total. The number of rotatable bonds is 8. The van der Waals surface area contributed by atoms with E-state index in [0.29, 0.717) is 63.7 Å². The zero-order chi connectivity index (χ0) is 28.8. The van der Waals surface area contributed by atoms with Crippen molar-refractivity contribution in [3.8, 4) is 0 Å². The van der Waals surface area contributed by atoms with Crippen LogP contribution >= 0.6 is 11.3 Å². The van der Waals surface area contributed by atoms with Gasteiger partial charge in [-0.3, -0.25) is 14.4 Å². The highest BCUT2D eigenvalue weighted by Gasteiger charge is 2.29. The number of morpholine rings is 1. The average Bonchev–Trinajstić information content (AvgIpc) is 3.37. The summed E-state index contributed by atoms with van der Waals surface area (Å²) in [5.74, 6) is -1.51. The van der Waals surface area contributed by atoms with Gasteiger partial charge in [-0.25, -0.2) is 4.79 Å². The predicted octanol–water partition coefficient (Wildman–Crippen LogP) is 3.40. The first kappa shape index (κ1) is 28.9. The van der Waals surface area contributed by atoms with E-state index in [-0.39, 0.29) is 24.3 Å². The van der Waals surface area contributed by atoms with Crippen LogP contribution in [0.15, 0.2) is 35.7 Å². The summed E-state index contributed by atoms with van der Waals surface area (Å²) in [5.41, 5.74) is 1.69. The van der Waals surface area contributed by atoms with Crippen LogP contribution in [-0.4, -0.2) is 91.2 Å². The van der Waals surface area contributed by atoms with Gasteiger partial charge in [-0.15, -0.1) is 11.3 Å². The van der Waals surface area contributed by atoms with E-state index in [9.17, 15) is 24.3 Å². The van der Waals surface area contributed by atoms with Crippen LogP contribution in [0.2, 0.25) is 0 Å². The maximum atomic E-state index is 13.3. The number of benzene rings is 1. The lowest BCUT2D eigenvalue weighted by Gasteiger charge is -2.32. The first-order valence-corrected chi connectivity index (χ1v) is 15.1. The van der Waals surface area contributed by atoms with Crippen LogP contribution in [0.4, 0.5) is 16.2 Å². The van der Waals surface area contributed by atoms with Crippen molar-refractivity contribution >= 4 is 46.5 Å². The fourth-order valence-corrected chi connectivity index (χ4v) is 6.17. The molecule has 3 heterocycles. The van der Waals surface area contributed by atoms with Crippen LogP contribution in [-0.2, 0) is 14.3 Å². The number of nitrogens with zero attached hydrogens (tertiary/aromatic N) is 3. The quantitative estimate of drug-likeness (QED) is 0.434. The van der Waals surface area contributed by atoms with E-state index in [0.717, 1.165) is 36.2 Å². The molecule has 2 aliphatic heterocycles. The number of urea groups is 1. The number of amides is 4. The normalized spacial score (nSPS) is 18.7. The van der Waals surface area contributed by atoms with E-state index in [1.165, 1.54) is 11.3 Å². The number of ether oxygens (including phenoxy) is 1. The molecule has 2 aromatic rings. The molecule has 1 atom stereocenters. The van der Waals surface area contributed by atoms with Gasteiger partial charge in [0.15, 0.2) is 0 Å². The molecule has 3 aliphatic rings. The Kier molecular flexibility index (Phi) is 9.40. The molecule has 1 aromatic carbocycles. The Labute approximate surface area is 243 Å². The lowest BCUT2D eigenvalue weighted by molar-refractivity contribution is -0.137. The molecular weight excluding hydrogens is 546 g/mol. The molecule has 5 rings (SSSR count). The van der Waals surface area contributed by atoms with Crippen molar-refractivity contribution in [3.63, 3.8) is 0 Å². The molecule has 3 fully saturated rings. The van der Waals surface area contributed by atoms with Crippen LogP contribution in [0, 0.1) is 5.92 Å². The Morgan fingerprint density at radius 2 is 1.76 bits per heavy atom. The third-order valence-electron chi connectivity index (χ3n) is 7.95. The van der Waals surface area contributed by atoms with Crippen molar-refractivity contribution in [1.29, 1.82) is 0 Å². The molecule has 0 spiro atoms. The van der Waals surface area contributed by atoms with Crippen molar-refractivity contribution < 1.29 is 29.0 Å². The standard InChI is InChI=1S/C29H37N5O6S/c35-26(36)19-23(25-6-2-17-41-25)31-28(38)21-7-8-24(22(18-21)30-27(37)20-4-1-5-20)32-9-3-10-33(12-11-32)29(39)34-13-15-40-16-14-34/h2,6-8,17-18,20,23H,1,3-5,9-16,19H2,(H,30,37)(H,31,38)(H,35,36). The number of hydrogen-bond donors (Lipinski definition) is 3. The second kappa shape index (κ2) is 13.3. The monoisotopic (exact) mass is 583 g/mol. The second-order valence-corrected chi connectivity index (χ2v) is 11.7. The van der Waals surface area contributed by atoms with E-state index in [1.54, 1.807) is 18.2 Å².